The van der Waals surface area contributed by atoms with Gasteiger partial charge in [-0.1, -0.05) is 11.1 Å². The van der Waals surface area contributed by atoms with E-state index in [0.717, 1.165) is 6.42 Å². The summed E-state index contributed by atoms with van der Waals surface area (Å²) in [5.41, 5.74) is 8.93. The molecule has 0 N–H and O–H groups in total. The Morgan fingerprint density at radius 3 is 1.15 bits per heavy atom. The molecule has 0 aromatic heterocycles. The van der Waals surface area contributed by atoms with Crippen molar-refractivity contribution in [2.45, 2.75) is 48.0 Å². The molecule has 72 valence electrons. The van der Waals surface area contributed by atoms with E-state index in [-0.39, 0.29) is 0 Å². The van der Waals surface area contributed by atoms with E-state index in [9.17, 15) is 0 Å². The predicted octanol–water partition coefficient (Wildman–Crippen LogP) is 4.40. The van der Waals surface area contributed by atoms with Crippen LogP contribution in [0.15, 0.2) is 33.4 Å². The molecule has 0 heterocycles. The van der Waals surface area contributed by atoms with E-state index in [4.69, 9.17) is 0 Å². The minimum absolute atomic E-state index is 1.15. The number of hydrogen-bond acceptors (Lipinski definition) is 0. The average molecular weight is 176 g/mol. The molecule has 1 aliphatic carbocycles. The maximum Gasteiger partial charge on any atom is -0.0102 e. The van der Waals surface area contributed by atoms with Crippen molar-refractivity contribution in [3.8, 4) is 0 Å². The smallest absolute Gasteiger partial charge is 0.0102 e. The van der Waals surface area contributed by atoms with Gasteiger partial charge < -0.3 is 0 Å². The Hall–Kier alpha value is -0.780. The lowest BCUT2D eigenvalue weighted by atomic mass is 9.98. The fourth-order valence-corrected chi connectivity index (χ4v) is 1.87. The Kier molecular flexibility index (Phi) is 2.80. The van der Waals surface area contributed by atoms with Gasteiger partial charge in [-0.05, 0) is 70.3 Å². The summed E-state index contributed by atoms with van der Waals surface area (Å²) in [5, 5.41) is 0. The van der Waals surface area contributed by atoms with Crippen LogP contribution in [-0.2, 0) is 0 Å². The molecule has 1 rings (SSSR count). The molecule has 0 spiro atoms. The van der Waals surface area contributed by atoms with Gasteiger partial charge in [0.05, 0.1) is 0 Å². The first-order valence-corrected chi connectivity index (χ1v) is 4.96. The molecule has 0 nitrogen and oxygen atoms in total. The fourth-order valence-electron chi connectivity index (χ4n) is 1.87. The lowest BCUT2D eigenvalue weighted by Gasteiger charge is -2.07. The third-order valence-electron chi connectivity index (χ3n) is 3.50. The number of hydrogen-bond donors (Lipinski definition) is 0. The highest BCUT2D eigenvalue weighted by molar-refractivity contribution is 5.48. The molecule has 0 aromatic rings. The second kappa shape index (κ2) is 3.53. The van der Waals surface area contributed by atoms with Gasteiger partial charge in [-0.15, -0.1) is 0 Å². The predicted molar refractivity (Wildman–Crippen MR) is 59.7 cm³/mol. The second-order valence-corrected chi connectivity index (χ2v) is 4.24. The summed E-state index contributed by atoms with van der Waals surface area (Å²) in [4.78, 5) is 0. The van der Waals surface area contributed by atoms with Crippen molar-refractivity contribution in [3.63, 3.8) is 0 Å². The normalized spacial score (nSPS) is 19.8. The van der Waals surface area contributed by atoms with E-state index in [1.165, 1.54) is 33.4 Å². The van der Waals surface area contributed by atoms with Crippen LogP contribution in [0.1, 0.15) is 48.0 Å². The third-order valence-corrected chi connectivity index (χ3v) is 3.50. The van der Waals surface area contributed by atoms with Gasteiger partial charge in [-0.25, -0.2) is 0 Å². The van der Waals surface area contributed by atoms with Crippen LogP contribution in [0.25, 0.3) is 0 Å². The van der Waals surface area contributed by atoms with E-state index in [1.54, 1.807) is 0 Å². The minimum Gasteiger partial charge on any atom is -0.0661 e. The minimum atomic E-state index is 1.15. The van der Waals surface area contributed by atoms with E-state index in [0.29, 0.717) is 0 Å². The molecule has 0 fully saturated rings. The van der Waals surface area contributed by atoms with Crippen LogP contribution in [0.2, 0.25) is 0 Å². The van der Waals surface area contributed by atoms with E-state index >= 15 is 0 Å². The van der Waals surface area contributed by atoms with Crippen LogP contribution < -0.4 is 0 Å². The number of allylic oxidation sites excluding steroid dienone is 6. The van der Waals surface area contributed by atoms with Crippen molar-refractivity contribution in [1.29, 1.82) is 0 Å². The second-order valence-electron chi connectivity index (χ2n) is 4.24. The Bertz CT molecular complexity index is 290. The third kappa shape index (κ3) is 1.77. The van der Waals surface area contributed by atoms with E-state index < -0.39 is 0 Å². The van der Waals surface area contributed by atoms with Gasteiger partial charge >= 0.3 is 0 Å². The summed E-state index contributed by atoms with van der Waals surface area (Å²) >= 11 is 0. The molecule has 0 unspecified atom stereocenters. The first kappa shape index (κ1) is 10.3. The quantitative estimate of drug-likeness (QED) is 0.513. The maximum absolute atomic E-state index is 2.24. The highest BCUT2D eigenvalue weighted by Crippen LogP contribution is 2.31. The van der Waals surface area contributed by atoms with Gasteiger partial charge in [-0.2, -0.15) is 0 Å². The fraction of sp³-hybridized carbons (Fsp3) is 0.538. The highest BCUT2D eigenvalue weighted by Gasteiger charge is 2.11. The van der Waals surface area contributed by atoms with Crippen LogP contribution in [0.4, 0.5) is 0 Å². The molecule has 13 heavy (non-hydrogen) atoms. The Morgan fingerprint density at radius 1 is 0.538 bits per heavy atom. The molecule has 0 saturated carbocycles. The van der Waals surface area contributed by atoms with Crippen LogP contribution in [0, 0.1) is 0 Å². The van der Waals surface area contributed by atoms with Crippen molar-refractivity contribution >= 4 is 0 Å². The monoisotopic (exact) mass is 176 g/mol. The molecular formula is C13H20. The Labute approximate surface area is 82.0 Å². The molecule has 0 amide bonds. The van der Waals surface area contributed by atoms with E-state index in [1.807, 2.05) is 0 Å². The van der Waals surface area contributed by atoms with Gasteiger partial charge in [0.15, 0.2) is 0 Å². The average Bonchev–Trinajstić information content (AvgIpc) is 2.15. The molecule has 0 radical (unpaired) electrons. The molecule has 0 atom stereocenters. The molecule has 0 heteroatoms. The lowest BCUT2D eigenvalue weighted by Crippen LogP contribution is -1.87. The summed E-state index contributed by atoms with van der Waals surface area (Å²) in [5.74, 6) is 0. The summed E-state index contributed by atoms with van der Waals surface area (Å²) in [7, 11) is 0. The summed E-state index contributed by atoms with van der Waals surface area (Å²) in [6.07, 6.45) is 1.15. The van der Waals surface area contributed by atoms with Gasteiger partial charge in [0.1, 0.15) is 0 Å². The summed E-state index contributed by atoms with van der Waals surface area (Å²) < 4.78 is 0. The van der Waals surface area contributed by atoms with Crippen LogP contribution >= 0.6 is 0 Å². The molecule has 0 aromatic carbocycles. The molecule has 0 saturated heterocycles. The van der Waals surface area contributed by atoms with Crippen molar-refractivity contribution in [3.05, 3.63) is 33.4 Å². The highest BCUT2D eigenvalue weighted by atomic mass is 14.2. The van der Waals surface area contributed by atoms with Gasteiger partial charge in [-0.3, -0.25) is 0 Å². The standard InChI is InChI=1S/C13H20/c1-8-7-9(2)11(4)13(6)12(5)10(8)3/h7H2,1-6H3. The number of rotatable bonds is 0. The lowest BCUT2D eigenvalue weighted by molar-refractivity contribution is 1.06. The van der Waals surface area contributed by atoms with E-state index in [2.05, 4.69) is 41.5 Å². The van der Waals surface area contributed by atoms with Gasteiger partial charge in [0, 0.05) is 0 Å². The zero-order valence-corrected chi connectivity index (χ0v) is 9.71. The van der Waals surface area contributed by atoms with Crippen LogP contribution in [0.3, 0.4) is 0 Å². The van der Waals surface area contributed by atoms with Gasteiger partial charge in [0.2, 0.25) is 0 Å². The van der Waals surface area contributed by atoms with Crippen molar-refractivity contribution in [1.82, 2.24) is 0 Å². The summed E-state index contributed by atoms with van der Waals surface area (Å²) in [6.45, 7) is 13.4. The Balaban J connectivity index is 3.35. The molecule has 0 bridgehead atoms. The molecule has 0 aliphatic heterocycles. The zero-order chi connectivity index (χ0) is 10.2. The largest absolute Gasteiger partial charge is 0.0661 e. The molecular weight excluding hydrogens is 156 g/mol. The first-order valence-electron chi connectivity index (χ1n) is 4.96. The topological polar surface area (TPSA) is 0 Å². The first-order chi connectivity index (χ1) is 5.95. The van der Waals surface area contributed by atoms with Crippen molar-refractivity contribution < 1.29 is 0 Å². The zero-order valence-electron chi connectivity index (χ0n) is 9.71. The SMILES string of the molecule is CC1=C(C)C(C)=C(C)C(C)=C(C)C1. The van der Waals surface area contributed by atoms with Crippen molar-refractivity contribution in [2.75, 3.05) is 0 Å². The van der Waals surface area contributed by atoms with Crippen molar-refractivity contribution in [2.24, 2.45) is 0 Å². The Morgan fingerprint density at radius 2 is 0.846 bits per heavy atom. The summed E-state index contributed by atoms with van der Waals surface area (Å²) in [6, 6.07) is 0. The molecule has 1 aliphatic rings. The van der Waals surface area contributed by atoms with Crippen LogP contribution in [-0.4, -0.2) is 0 Å². The maximum atomic E-state index is 2.24. The van der Waals surface area contributed by atoms with Crippen LogP contribution in [0.5, 0.6) is 0 Å². The van der Waals surface area contributed by atoms with Gasteiger partial charge in [0.25, 0.3) is 0 Å².